The Morgan fingerprint density at radius 2 is 1.78 bits per heavy atom. The Labute approximate surface area is 159 Å². The molecule has 0 aliphatic carbocycles. The van der Waals surface area contributed by atoms with E-state index in [1.165, 1.54) is 5.56 Å². The van der Waals surface area contributed by atoms with Gasteiger partial charge in [0, 0.05) is 31.5 Å². The Hall–Kier alpha value is -3.08. The van der Waals surface area contributed by atoms with Crippen LogP contribution in [0.1, 0.15) is 28.8 Å². The van der Waals surface area contributed by atoms with Crippen molar-refractivity contribution in [2.24, 2.45) is 0 Å². The normalized spacial score (nSPS) is 14.9. The van der Waals surface area contributed by atoms with E-state index in [1.54, 1.807) is 6.20 Å². The maximum atomic E-state index is 13.0. The summed E-state index contributed by atoms with van der Waals surface area (Å²) in [5.41, 5.74) is 3.59. The van der Waals surface area contributed by atoms with Gasteiger partial charge in [0.25, 0.3) is 5.91 Å². The van der Waals surface area contributed by atoms with Gasteiger partial charge in [-0.05, 0) is 19.1 Å². The van der Waals surface area contributed by atoms with Crippen molar-refractivity contribution >= 4 is 5.91 Å². The molecular weight excluding hydrogens is 338 g/mol. The molecular formula is C22H23N3O2. The number of nitrogens with zero attached hydrogens (tertiary/aromatic N) is 2. The first-order valence-electron chi connectivity index (χ1n) is 9.32. The van der Waals surface area contributed by atoms with Crippen molar-refractivity contribution in [3.05, 3.63) is 71.9 Å². The number of H-pyrrole nitrogens is 1. The lowest BCUT2D eigenvalue weighted by Crippen LogP contribution is -2.41. The van der Waals surface area contributed by atoms with Crippen molar-refractivity contribution < 1.29 is 9.53 Å². The van der Waals surface area contributed by atoms with E-state index >= 15 is 0 Å². The van der Waals surface area contributed by atoms with Crippen LogP contribution in [0.5, 0.6) is 5.75 Å². The highest BCUT2D eigenvalue weighted by atomic mass is 16.5. The summed E-state index contributed by atoms with van der Waals surface area (Å²) >= 11 is 0. The molecule has 1 aromatic heterocycles. The predicted octanol–water partition coefficient (Wildman–Crippen LogP) is 4.07. The monoisotopic (exact) mass is 361 g/mol. The minimum atomic E-state index is 0.0244. The minimum absolute atomic E-state index is 0.0244. The maximum Gasteiger partial charge on any atom is 0.257 e. The summed E-state index contributed by atoms with van der Waals surface area (Å²) < 4.78 is 6.07. The number of carbonyl (C=O) groups is 1. The van der Waals surface area contributed by atoms with Gasteiger partial charge in [0.05, 0.1) is 17.5 Å². The highest BCUT2D eigenvalue weighted by Crippen LogP contribution is 2.24. The number of piperidine rings is 1. The lowest BCUT2D eigenvalue weighted by molar-refractivity contribution is 0.0596. The van der Waals surface area contributed by atoms with Gasteiger partial charge in [0.15, 0.2) is 0 Å². The number of rotatable bonds is 4. The fourth-order valence-corrected chi connectivity index (χ4v) is 3.43. The van der Waals surface area contributed by atoms with Crippen molar-refractivity contribution in [3.63, 3.8) is 0 Å². The Bertz CT molecular complexity index is 895. The number of hydrogen-bond donors (Lipinski definition) is 1. The molecule has 1 aliphatic rings. The van der Waals surface area contributed by atoms with Crippen molar-refractivity contribution in [2.45, 2.75) is 25.9 Å². The average Bonchev–Trinajstić information content (AvgIpc) is 3.20. The minimum Gasteiger partial charge on any atom is -0.490 e. The summed E-state index contributed by atoms with van der Waals surface area (Å²) in [6.07, 6.45) is 3.44. The number of ether oxygens (including phenoxy) is 1. The van der Waals surface area contributed by atoms with Gasteiger partial charge in [-0.15, -0.1) is 0 Å². The van der Waals surface area contributed by atoms with Crippen LogP contribution in [0.3, 0.4) is 0 Å². The molecule has 0 atom stereocenters. The second-order valence-electron chi connectivity index (χ2n) is 6.95. The Morgan fingerprint density at radius 3 is 2.48 bits per heavy atom. The summed E-state index contributed by atoms with van der Waals surface area (Å²) in [5, 5.41) is 7.06. The van der Waals surface area contributed by atoms with E-state index in [2.05, 4.69) is 29.3 Å². The molecule has 0 spiro atoms. The zero-order chi connectivity index (χ0) is 18.6. The van der Waals surface area contributed by atoms with Crippen LogP contribution in [0, 0.1) is 6.92 Å². The number of nitrogens with one attached hydrogen (secondary N) is 1. The zero-order valence-corrected chi connectivity index (χ0v) is 15.4. The van der Waals surface area contributed by atoms with E-state index in [0.717, 1.165) is 29.8 Å². The number of likely N-dealkylation sites (tertiary alicyclic amines) is 1. The first-order chi connectivity index (χ1) is 13.2. The molecule has 1 amide bonds. The summed E-state index contributed by atoms with van der Waals surface area (Å²) in [4.78, 5) is 14.9. The van der Waals surface area contributed by atoms with Crippen LogP contribution >= 0.6 is 0 Å². The van der Waals surface area contributed by atoms with Gasteiger partial charge in [0.2, 0.25) is 0 Å². The van der Waals surface area contributed by atoms with E-state index in [-0.39, 0.29) is 12.0 Å². The van der Waals surface area contributed by atoms with Crippen LogP contribution in [0.25, 0.3) is 11.3 Å². The molecule has 4 rings (SSSR count). The van der Waals surface area contributed by atoms with Gasteiger partial charge in [0.1, 0.15) is 11.9 Å². The third-order valence-electron chi connectivity index (χ3n) is 4.99. The topological polar surface area (TPSA) is 58.2 Å². The van der Waals surface area contributed by atoms with E-state index in [0.29, 0.717) is 18.7 Å². The van der Waals surface area contributed by atoms with Crippen LogP contribution < -0.4 is 4.74 Å². The van der Waals surface area contributed by atoms with E-state index in [9.17, 15) is 4.79 Å². The quantitative estimate of drug-likeness (QED) is 0.762. The Kier molecular flexibility index (Phi) is 4.92. The lowest BCUT2D eigenvalue weighted by atomic mass is 10.0. The lowest BCUT2D eigenvalue weighted by Gasteiger charge is -2.32. The fraction of sp³-hybridized carbons (Fsp3) is 0.273. The molecule has 1 N–H and O–H groups in total. The molecule has 0 unspecified atom stereocenters. The van der Waals surface area contributed by atoms with Crippen LogP contribution in [0.15, 0.2) is 60.8 Å². The number of carbonyl (C=O) groups excluding carboxylic acids is 1. The summed E-state index contributed by atoms with van der Waals surface area (Å²) in [5.74, 6) is 0.919. The van der Waals surface area contributed by atoms with Gasteiger partial charge in [-0.2, -0.15) is 5.10 Å². The van der Waals surface area contributed by atoms with Gasteiger partial charge in [-0.3, -0.25) is 9.89 Å². The number of aromatic nitrogens is 2. The number of aromatic amines is 1. The highest BCUT2D eigenvalue weighted by molar-refractivity contribution is 5.99. The van der Waals surface area contributed by atoms with E-state index in [1.807, 2.05) is 47.4 Å². The fourth-order valence-electron chi connectivity index (χ4n) is 3.43. The molecule has 3 aromatic rings. The molecule has 0 saturated carbocycles. The third kappa shape index (κ3) is 3.87. The molecule has 1 fully saturated rings. The average molecular weight is 361 g/mol. The molecule has 2 heterocycles. The smallest absolute Gasteiger partial charge is 0.257 e. The first-order valence-corrected chi connectivity index (χ1v) is 9.32. The summed E-state index contributed by atoms with van der Waals surface area (Å²) in [6.45, 7) is 3.44. The molecule has 5 heteroatoms. The number of benzene rings is 2. The standard InChI is InChI=1S/C22H23N3O2/c1-16-7-9-18(10-8-16)27-19-11-13-25(14-12-19)22(26)20-15-23-24-21(20)17-5-3-2-4-6-17/h2-10,15,19H,11-14H2,1H3,(H,23,24). The van der Waals surface area contributed by atoms with Crippen LogP contribution in [-0.2, 0) is 0 Å². The number of amides is 1. The summed E-state index contributed by atoms with van der Waals surface area (Å²) in [7, 11) is 0. The number of hydrogen-bond acceptors (Lipinski definition) is 3. The molecule has 27 heavy (non-hydrogen) atoms. The molecule has 0 bridgehead atoms. The summed E-state index contributed by atoms with van der Waals surface area (Å²) in [6, 6.07) is 17.9. The molecule has 138 valence electrons. The largest absolute Gasteiger partial charge is 0.490 e. The van der Waals surface area contributed by atoms with Crippen LogP contribution in [0.4, 0.5) is 0 Å². The van der Waals surface area contributed by atoms with Crippen molar-refractivity contribution in [1.82, 2.24) is 15.1 Å². The number of aryl methyl sites for hydroxylation is 1. The van der Waals surface area contributed by atoms with Crippen molar-refractivity contribution in [2.75, 3.05) is 13.1 Å². The molecule has 0 radical (unpaired) electrons. The zero-order valence-electron chi connectivity index (χ0n) is 15.4. The SMILES string of the molecule is Cc1ccc(OC2CCN(C(=O)c3cn[nH]c3-c3ccccc3)CC2)cc1. The van der Waals surface area contributed by atoms with Crippen LogP contribution in [-0.4, -0.2) is 40.2 Å². The van der Waals surface area contributed by atoms with Crippen LogP contribution in [0.2, 0.25) is 0 Å². The molecule has 1 saturated heterocycles. The van der Waals surface area contributed by atoms with Gasteiger partial charge < -0.3 is 9.64 Å². The van der Waals surface area contributed by atoms with Crippen molar-refractivity contribution in [3.8, 4) is 17.0 Å². The molecule has 2 aromatic carbocycles. The van der Waals surface area contributed by atoms with Gasteiger partial charge in [-0.25, -0.2) is 0 Å². The van der Waals surface area contributed by atoms with E-state index < -0.39 is 0 Å². The van der Waals surface area contributed by atoms with Crippen molar-refractivity contribution in [1.29, 1.82) is 0 Å². The maximum absolute atomic E-state index is 13.0. The second-order valence-corrected chi connectivity index (χ2v) is 6.95. The molecule has 1 aliphatic heterocycles. The predicted molar refractivity (Wildman–Crippen MR) is 105 cm³/mol. The highest BCUT2D eigenvalue weighted by Gasteiger charge is 2.27. The van der Waals surface area contributed by atoms with E-state index in [4.69, 9.17) is 4.74 Å². The Balaban J connectivity index is 1.39. The third-order valence-corrected chi connectivity index (χ3v) is 4.99. The molecule has 5 nitrogen and oxygen atoms in total. The second kappa shape index (κ2) is 7.66. The van der Waals surface area contributed by atoms with Gasteiger partial charge >= 0.3 is 0 Å². The van der Waals surface area contributed by atoms with Gasteiger partial charge in [-0.1, -0.05) is 48.0 Å². The Morgan fingerprint density at radius 1 is 1.07 bits per heavy atom. The first kappa shape index (κ1) is 17.3.